The Morgan fingerprint density at radius 2 is 1.77 bits per heavy atom. The van der Waals surface area contributed by atoms with Gasteiger partial charge in [0, 0.05) is 31.9 Å². The van der Waals surface area contributed by atoms with Crippen molar-refractivity contribution in [3.8, 4) is 5.69 Å². The second kappa shape index (κ2) is 9.89. The predicted octanol–water partition coefficient (Wildman–Crippen LogP) is 2.83. The number of nitrogens with zero attached hydrogens (tertiary/aromatic N) is 2. The minimum Gasteiger partial charge on any atom is -0.463 e. The van der Waals surface area contributed by atoms with E-state index in [0.29, 0.717) is 6.61 Å². The van der Waals surface area contributed by atoms with Gasteiger partial charge in [-0.1, -0.05) is 24.3 Å². The molecule has 0 spiro atoms. The molecule has 0 N–H and O–H groups in total. The Labute approximate surface area is 171 Å². The maximum atomic E-state index is 13.5. The maximum absolute atomic E-state index is 13.5. The molecule has 3 aromatic rings. The minimum atomic E-state index is -0.739. The van der Waals surface area contributed by atoms with Crippen molar-refractivity contribution >= 4 is 5.97 Å². The van der Waals surface area contributed by atoms with Gasteiger partial charge in [0.2, 0.25) is 5.43 Å². The van der Waals surface area contributed by atoms with Crippen LogP contribution in [0.1, 0.15) is 16.8 Å². The third kappa shape index (κ3) is 5.81. The first-order valence-electron chi connectivity index (χ1n) is 9.22. The highest BCUT2D eigenvalue weighted by molar-refractivity contribution is 5.72. The van der Waals surface area contributed by atoms with Crippen LogP contribution in [0.2, 0.25) is 0 Å². The Morgan fingerprint density at radius 3 is 2.50 bits per heavy atom. The Balaban J connectivity index is 1.78. The van der Waals surface area contributed by atoms with Crippen molar-refractivity contribution in [1.29, 1.82) is 0 Å². The number of benzene rings is 2. The fraction of sp³-hybridized carbons (Fsp3) is 0.227. The molecule has 0 saturated heterocycles. The first-order valence-corrected chi connectivity index (χ1v) is 9.22. The first-order chi connectivity index (χ1) is 14.4. The molecule has 0 aliphatic heterocycles. The smallest absolute Gasteiger partial charge is 0.310 e. The maximum Gasteiger partial charge on any atom is 0.310 e. The molecule has 0 unspecified atom stereocenters. The highest BCUT2D eigenvalue weighted by Crippen LogP contribution is 2.13. The zero-order valence-corrected chi connectivity index (χ0v) is 16.3. The Kier molecular flexibility index (Phi) is 7.03. The lowest BCUT2D eigenvalue weighted by molar-refractivity contribution is -0.144. The number of carbonyl (C=O) groups excluding carboxylic acids is 1. The van der Waals surface area contributed by atoms with Crippen molar-refractivity contribution in [3.05, 3.63) is 93.4 Å². The molecule has 1 heterocycles. The van der Waals surface area contributed by atoms with Crippen LogP contribution in [0.25, 0.3) is 5.69 Å². The molecule has 8 heteroatoms. The van der Waals surface area contributed by atoms with Crippen LogP contribution in [0, 0.1) is 11.6 Å². The largest absolute Gasteiger partial charge is 0.463 e. The van der Waals surface area contributed by atoms with Gasteiger partial charge in [-0.2, -0.15) is 5.10 Å². The van der Waals surface area contributed by atoms with Crippen molar-refractivity contribution in [1.82, 2.24) is 9.78 Å². The third-order valence-electron chi connectivity index (χ3n) is 4.25. The van der Waals surface area contributed by atoms with Gasteiger partial charge in [0.05, 0.1) is 18.7 Å². The summed E-state index contributed by atoms with van der Waals surface area (Å²) >= 11 is 0. The lowest BCUT2D eigenvalue weighted by atomic mass is 10.0. The molecule has 0 saturated carbocycles. The standard InChI is InChI=1S/C22H20F2N2O4/c1-29-7-8-30-22(28)11-16-4-2-3-15(9-16)10-20-21(27)5-6-26(25-20)19-13-17(23)12-18(24)14-19/h2-6,9,12-14H,7-8,10-11H2,1H3. The van der Waals surface area contributed by atoms with E-state index in [4.69, 9.17) is 9.47 Å². The number of methoxy groups -OCH3 is 1. The number of rotatable bonds is 8. The van der Waals surface area contributed by atoms with Gasteiger partial charge in [-0.3, -0.25) is 9.59 Å². The quantitative estimate of drug-likeness (QED) is 0.419. The number of ether oxygens (including phenoxy) is 2. The molecule has 0 fully saturated rings. The topological polar surface area (TPSA) is 70.4 Å². The van der Waals surface area contributed by atoms with Gasteiger partial charge in [-0.15, -0.1) is 0 Å². The molecular weight excluding hydrogens is 394 g/mol. The van der Waals surface area contributed by atoms with Crippen molar-refractivity contribution < 1.29 is 23.0 Å². The molecule has 156 valence electrons. The van der Waals surface area contributed by atoms with E-state index >= 15 is 0 Å². The molecule has 30 heavy (non-hydrogen) atoms. The van der Waals surface area contributed by atoms with E-state index in [-0.39, 0.29) is 42.2 Å². The number of hydrogen-bond donors (Lipinski definition) is 0. The molecule has 0 bridgehead atoms. The molecule has 0 radical (unpaired) electrons. The SMILES string of the molecule is COCCOC(=O)Cc1cccc(Cc2nn(-c3cc(F)cc(F)c3)ccc2=O)c1. The predicted molar refractivity (Wildman–Crippen MR) is 106 cm³/mol. The van der Waals surface area contributed by atoms with Crippen molar-refractivity contribution in [3.63, 3.8) is 0 Å². The van der Waals surface area contributed by atoms with Crippen molar-refractivity contribution in [2.45, 2.75) is 12.8 Å². The molecule has 0 aliphatic rings. The number of halogens is 2. The molecule has 0 amide bonds. The summed E-state index contributed by atoms with van der Waals surface area (Å²) in [7, 11) is 1.52. The van der Waals surface area contributed by atoms with Gasteiger partial charge in [0.15, 0.2) is 0 Å². The summed E-state index contributed by atoms with van der Waals surface area (Å²) in [5, 5.41) is 4.23. The Hall–Kier alpha value is -3.39. The average Bonchev–Trinajstić information content (AvgIpc) is 2.69. The zero-order chi connectivity index (χ0) is 21.5. The number of aromatic nitrogens is 2. The van der Waals surface area contributed by atoms with Crippen LogP contribution in [0.4, 0.5) is 8.78 Å². The van der Waals surface area contributed by atoms with Crippen LogP contribution in [-0.2, 0) is 27.1 Å². The van der Waals surface area contributed by atoms with Gasteiger partial charge in [0.1, 0.15) is 23.9 Å². The van der Waals surface area contributed by atoms with E-state index < -0.39 is 11.6 Å². The fourth-order valence-corrected chi connectivity index (χ4v) is 2.88. The van der Waals surface area contributed by atoms with Crippen molar-refractivity contribution in [2.75, 3.05) is 20.3 Å². The second-order valence-electron chi connectivity index (χ2n) is 6.59. The summed E-state index contributed by atoms with van der Waals surface area (Å²) < 4.78 is 38.1. The summed E-state index contributed by atoms with van der Waals surface area (Å²) in [6.07, 6.45) is 1.64. The molecular formula is C22H20F2N2O4. The minimum absolute atomic E-state index is 0.0899. The van der Waals surface area contributed by atoms with Gasteiger partial charge >= 0.3 is 5.97 Å². The summed E-state index contributed by atoms with van der Waals surface area (Å²) in [5.41, 5.74) is 1.58. The molecule has 0 aliphatic carbocycles. The number of esters is 1. The van der Waals surface area contributed by atoms with E-state index in [1.807, 2.05) is 0 Å². The van der Waals surface area contributed by atoms with E-state index in [9.17, 15) is 18.4 Å². The average molecular weight is 414 g/mol. The number of carbonyl (C=O) groups is 1. The van der Waals surface area contributed by atoms with Gasteiger partial charge < -0.3 is 9.47 Å². The van der Waals surface area contributed by atoms with E-state index in [2.05, 4.69) is 5.10 Å². The number of hydrogen-bond acceptors (Lipinski definition) is 5. The zero-order valence-electron chi connectivity index (χ0n) is 16.3. The summed E-state index contributed by atoms with van der Waals surface area (Å²) in [6.45, 7) is 0.510. The molecule has 0 atom stereocenters. The summed E-state index contributed by atoms with van der Waals surface area (Å²) in [5.74, 6) is -1.85. The van der Waals surface area contributed by atoms with Crippen LogP contribution < -0.4 is 5.43 Å². The lowest BCUT2D eigenvalue weighted by Crippen LogP contribution is -2.16. The summed E-state index contributed by atoms with van der Waals surface area (Å²) in [4.78, 5) is 24.1. The molecule has 6 nitrogen and oxygen atoms in total. The van der Waals surface area contributed by atoms with Gasteiger partial charge in [-0.05, 0) is 23.3 Å². The monoisotopic (exact) mass is 414 g/mol. The normalized spacial score (nSPS) is 10.8. The third-order valence-corrected chi connectivity index (χ3v) is 4.25. The van der Waals surface area contributed by atoms with Gasteiger partial charge in [0.25, 0.3) is 0 Å². The highest BCUT2D eigenvalue weighted by Gasteiger charge is 2.10. The summed E-state index contributed by atoms with van der Waals surface area (Å²) in [6, 6.07) is 11.5. The molecule has 2 aromatic carbocycles. The van der Waals surface area contributed by atoms with Crippen LogP contribution in [0.3, 0.4) is 0 Å². The Bertz CT molecular complexity index is 1080. The lowest BCUT2D eigenvalue weighted by Gasteiger charge is -2.09. The van der Waals surface area contributed by atoms with E-state index in [1.54, 1.807) is 24.3 Å². The molecule has 3 rings (SSSR count). The van der Waals surface area contributed by atoms with Crippen LogP contribution in [0.15, 0.2) is 59.5 Å². The Morgan fingerprint density at radius 1 is 1.03 bits per heavy atom. The second-order valence-corrected chi connectivity index (χ2v) is 6.59. The van der Waals surface area contributed by atoms with E-state index in [0.717, 1.165) is 29.3 Å². The van der Waals surface area contributed by atoms with Crippen LogP contribution in [0.5, 0.6) is 0 Å². The van der Waals surface area contributed by atoms with E-state index in [1.165, 1.54) is 24.1 Å². The van der Waals surface area contributed by atoms with Crippen molar-refractivity contribution in [2.24, 2.45) is 0 Å². The van der Waals surface area contributed by atoms with Crippen LogP contribution >= 0.6 is 0 Å². The first kappa shape index (κ1) is 21.3. The fourth-order valence-electron chi connectivity index (χ4n) is 2.88. The van der Waals surface area contributed by atoms with Crippen LogP contribution in [-0.4, -0.2) is 36.1 Å². The van der Waals surface area contributed by atoms with Gasteiger partial charge in [-0.25, -0.2) is 13.5 Å². The molecule has 1 aromatic heterocycles. The highest BCUT2D eigenvalue weighted by atomic mass is 19.1.